The molecule has 0 fully saturated rings. The Morgan fingerprint density at radius 3 is 2.71 bits per heavy atom. The molecule has 6 nitrogen and oxygen atoms in total. The van der Waals surface area contributed by atoms with Crippen LogP contribution in [0.3, 0.4) is 0 Å². The molecule has 0 unspecified atom stereocenters. The fourth-order valence-electron chi connectivity index (χ4n) is 1.85. The van der Waals surface area contributed by atoms with Gasteiger partial charge in [0, 0.05) is 13.0 Å². The number of rotatable bonds is 7. The number of hydrogen-bond donors (Lipinski definition) is 2. The Morgan fingerprint density at radius 1 is 1.24 bits per heavy atom. The number of hydrogen-bond acceptors (Lipinski definition) is 4. The van der Waals surface area contributed by atoms with Crippen LogP contribution in [-0.4, -0.2) is 26.0 Å². The van der Waals surface area contributed by atoms with Crippen molar-refractivity contribution in [3.63, 3.8) is 0 Å². The van der Waals surface area contributed by atoms with Crippen LogP contribution in [-0.2, 0) is 22.2 Å². The van der Waals surface area contributed by atoms with Gasteiger partial charge in [-0.15, -0.1) is 0 Å². The van der Waals surface area contributed by atoms with Crippen molar-refractivity contribution < 1.29 is 22.7 Å². The van der Waals surface area contributed by atoms with E-state index >= 15 is 0 Å². The highest BCUT2D eigenvalue weighted by Gasteiger charge is 2.13. The monoisotopic (exact) mass is 309 g/mol. The van der Waals surface area contributed by atoms with E-state index in [1.165, 1.54) is 24.5 Å². The summed E-state index contributed by atoms with van der Waals surface area (Å²) in [7, 11) is -3.51. The maximum absolute atomic E-state index is 11.9. The van der Waals surface area contributed by atoms with Gasteiger partial charge >= 0.3 is 5.97 Å². The first-order valence-corrected chi connectivity index (χ1v) is 7.93. The van der Waals surface area contributed by atoms with Crippen LogP contribution in [0.4, 0.5) is 0 Å². The number of furan rings is 1. The van der Waals surface area contributed by atoms with Gasteiger partial charge in [0.1, 0.15) is 5.76 Å². The fraction of sp³-hybridized carbons (Fsp3) is 0.214. The second-order valence-corrected chi connectivity index (χ2v) is 6.30. The average Bonchev–Trinajstić information content (AvgIpc) is 2.91. The van der Waals surface area contributed by atoms with E-state index < -0.39 is 16.0 Å². The molecule has 0 bridgehead atoms. The number of benzene rings is 1. The summed E-state index contributed by atoms with van der Waals surface area (Å²) in [5, 5.41) is 8.88. The van der Waals surface area contributed by atoms with Gasteiger partial charge in [-0.1, -0.05) is 12.1 Å². The van der Waals surface area contributed by atoms with Crippen LogP contribution in [0.25, 0.3) is 0 Å². The van der Waals surface area contributed by atoms with Crippen LogP contribution in [0.15, 0.2) is 47.1 Å². The molecule has 0 atom stereocenters. The molecule has 112 valence electrons. The molecule has 2 N–H and O–H groups in total. The lowest BCUT2D eigenvalue weighted by atomic mass is 10.1. The second kappa shape index (κ2) is 6.55. The smallest absolute Gasteiger partial charge is 0.335 e. The van der Waals surface area contributed by atoms with E-state index in [2.05, 4.69) is 4.72 Å². The van der Waals surface area contributed by atoms with Gasteiger partial charge in [-0.2, -0.15) is 0 Å². The van der Waals surface area contributed by atoms with E-state index in [-0.39, 0.29) is 17.9 Å². The molecule has 0 radical (unpaired) electrons. The van der Waals surface area contributed by atoms with Crippen LogP contribution in [0.1, 0.15) is 21.7 Å². The molecule has 0 aliphatic rings. The molecule has 0 aliphatic carbocycles. The zero-order chi connectivity index (χ0) is 15.3. The van der Waals surface area contributed by atoms with E-state index in [0.717, 1.165) is 0 Å². The van der Waals surface area contributed by atoms with E-state index in [1.807, 2.05) is 0 Å². The lowest BCUT2D eigenvalue weighted by Gasteiger charge is -2.06. The third kappa shape index (κ3) is 4.73. The fourth-order valence-corrected chi connectivity index (χ4v) is 2.98. The van der Waals surface area contributed by atoms with Crippen molar-refractivity contribution in [3.8, 4) is 0 Å². The van der Waals surface area contributed by atoms with Crippen LogP contribution in [0.5, 0.6) is 0 Å². The highest BCUT2D eigenvalue weighted by atomic mass is 32.2. The third-order valence-electron chi connectivity index (χ3n) is 2.80. The standard InChI is InChI=1S/C14H15NO5S/c16-14(17)12-4-1-3-11(9-12)10-21(18,19)15-7-6-13-5-2-8-20-13/h1-5,8-9,15H,6-7,10H2,(H,16,17). The first-order valence-electron chi connectivity index (χ1n) is 6.28. The number of nitrogens with one attached hydrogen (secondary N) is 1. The molecule has 0 amide bonds. The summed E-state index contributed by atoms with van der Waals surface area (Å²) in [6, 6.07) is 9.39. The molecule has 0 aliphatic heterocycles. The number of sulfonamides is 1. The number of carbonyl (C=O) groups is 1. The SMILES string of the molecule is O=C(O)c1cccc(CS(=O)(=O)NCCc2ccco2)c1. The molecule has 1 aromatic carbocycles. The molecule has 2 rings (SSSR count). The molecule has 0 spiro atoms. The minimum atomic E-state index is -3.51. The van der Waals surface area contributed by atoms with Gasteiger partial charge in [0.05, 0.1) is 17.6 Å². The molecule has 0 saturated carbocycles. The normalized spacial score (nSPS) is 11.4. The van der Waals surface area contributed by atoms with Crippen molar-refractivity contribution in [2.45, 2.75) is 12.2 Å². The molecule has 7 heteroatoms. The largest absolute Gasteiger partial charge is 0.478 e. The third-order valence-corrected chi connectivity index (χ3v) is 4.16. The zero-order valence-electron chi connectivity index (χ0n) is 11.2. The molecule has 0 saturated heterocycles. The van der Waals surface area contributed by atoms with Crippen LogP contribution < -0.4 is 4.72 Å². The summed E-state index contributed by atoms with van der Waals surface area (Å²) >= 11 is 0. The quantitative estimate of drug-likeness (QED) is 0.810. The Labute approximate surface area is 122 Å². The van der Waals surface area contributed by atoms with Gasteiger partial charge in [0.2, 0.25) is 10.0 Å². The zero-order valence-corrected chi connectivity index (χ0v) is 12.0. The Morgan fingerprint density at radius 2 is 2.05 bits per heavy atom. The first-order chi connectivity index (χ1) is 9.96. The van der Waals surface area contributed by atoms with Gasteiger partial charge in [-0.05, 0) is 29.8 Å². The van der Waals surface area contributed by atoms with E-state index in [9.17, 15) is 13.2 Å². The van der Waals surface area contributed by atoms with Crippen molar-refractivity contribution in [1.29, 1.82) is 0 Å². The Bertz CT molecular complexity index is 707. The minimum absolute atomic E-state index is 0.0679. The summed E-state index contributed by atoms with van der Waals surface area (Å²) in [4.78, 5) is 10.8. The summed E-state index contributed by atoms with van der Waals surface area (Å²) in [6.45, 7) is 0.231. The van der Waals surface area contributed by atoms with Crippen molar-refractivity contribution in [3.05, 3.63) is 59.5 Å². The molecule has 21 heavy (non-hydrogen) atoms. The number of carboxylic acids is 1. The molecule has 2 aromatic rings. The van der Waals surface area contributed by atoms with Crippen LogP contribution >= 0.6 is 0 Å². The molecule has 1 heterocycles. The Hall–Kier alpha value is -2.12. The summed E-state index contributed by atoms with van der Waals surface area (Å²) in [5.41, 5.74) is 0.499. The number of carboxylic acid groups (broad SMARTS) is 1. The molecule has 1 aromatic heterocycles. The molecular formula is C14H15NO5S. The van der Waals surface area contributed by atoms with Gasteiger partial charge in [0.25, 0.3) is 0 Å². The second-order valence-electron chi connectivity index (χ2n) is 4.49. The topological polar surface area (TPSA) is 96.6 Å². The van der Waals surface area contributed by atoms with Gasteiger partial charge < -0.3 is 9.52 Å². The minimum Gasteiger partial charge on any atom is -0.478 e. The summed E-state index contributed by atoms with van der Waals surface area (Å²) in [6.07, 6.45) is 1.99. The average molecular weight is 309 g/mol. The van der Waals surface area contributed by atoms with Crippen molar-refractivity contribution in [1.82, 2.24) is 4.72 Å². The lowest BCUT2D eigenvalue weighted by Crippen LogP contribution is -2.27. The van der Waals surface area contributed by atoms with Gasteiger partial charge in [-0.3, -0.25) is 0 Å². The van der Waals surface area contributed by atoms with Gasteiger partial charge in [0.15, 0.2) is 0 Å². The predicted octanol–water partition coefficient (Wildman–Crippen LogP) is 1.64. The highest BCUT2D eigenvalue weighted by molar-refractivity contribution is 7.88. The highest BCUT2D eigenvalue weighted by Crippen LogP contribution is 2.09. The number of aromatic carboxylic acids is 1. The lowest BCUT2D eigenvalue weighted by molar-refractivity contribution is 0.0696. The van der Waals surface area contributed by atoms with Crippen LogP contribution in [0.2, 0.25) is 0 Å². The maximum atomic E-state index is 11.9. The van der Waals surface area contributed by atoms with Gasteiger partial charge in [-0.25, -0.2) is 17.9 Å². The van der Waals surface area contributed by atoms with Crippen LogP contribution in [0, 0.1) is 0 Å². The summed E-state index contributed by atoms with van der Waals surface area (Å²) < 4.78 is 31.4. The summed E-state index contributed by atoms with van der Waals surface area (Å²) in [5.74, 6) is -0.641. The van der Waals surface area contributed by atoms with Crippen molar-refractivity contribution in [2.75, 3.05) is 6.54 Å². The Balaban J connectivity index is 1.94. The van der Waals surface area contributed by atoms with Crippen molar-refractivity contribution in [2.24, 2.45) is 0 Å². The van der Waals surface area contributed by atoms with E-state index in [4.69, 9.17) is 9.52 Å². The maximum Gasteiger partial charge on any atom is 0.335 e. The molecular weight excluding hydrogens is 294 g/mol. The first kappa shape index (κ1) is 15.3. The van der Waals surface area contributed by atoms with E-state index in [1.54, 1.807) is 18.2 Å². The van der Waals surface area contributed by atoms with E-state index in [0.29, 0.717) is 17.7 Å². The Kier molecular flexibility index (Phi) is 4.77. The van der Waals surface area contributed by atoms with Crippen molar-refractivity contribution >= 4 is 16.0 Å². The predicted molar refractivity (Wildman–Crippen MR) is 76.4 cm³/mol.